The summed E-state index contributed by atoms with van der Waals surface area (Å²) < 4.78 is 1.56. The zero-order chi connectivity index (χ0) is 22.9. The van der Waals surface area contributed by atoms with Crippen LogP contribution in [0.25, 0.3) is 27.8 Å². The molecule has 0 spiro atoms. The zero-order valence-corrected chi connectivity index (χ0v) is 18.5. The lowest BCUT2D eigenvalue weighted by atomic mass is 10.0. The van der Waals surface area contributed by atoms with E-state index in [0.29, 0.717) is 39.6 Å². The highest BCUT2D eigenvalue weighted by atomic mass is 35.5. The van der Waals surface area contributed by atoms with E-state index in [1.165, 1.54) is 0 Å². The molecule has 1 atom stereocenters. The van der Waals surface area contributed by atoms with Gasteiger partial charge >= 0.3 is 0 Å². The largest absolute Gasteiger partial charge is 0.394 e. The number of piperidine rings is 1. The lowest BCUT2D eigenvalue weighted by Gasteiger charge is -2.34. The van der Waals surface area contributed by atoms with Gasteiger partial charge in [0.2, 0.25) is 0 Å². The Hall–Kier alpha value is -3.49. The lowest BCUT2D eigenvalue weighted by molar-refractivity contribution is 0.0503. The van der Waals surface area contributed by atoms with Gasteiger partial charge in [0.05, 0.1) is 30.1 Å². The molecule has 4 aromatic rings. The number of nitrogens with one attached hydrogen (secondary N) is 1. The number of benzene rings is 2. The van der Waals surface area contributed by atoms with Crippen LogP contribution in [0.5, 0.6) is 0 Å². The van der Waals surface area contributed by atoms with Gasteiger partial charge in [0.1, 0.15) is 5.69 Å². The van der Waals surface area contributed by atoms with Crippen LogP contribution in [0.1, 0.15) is 29.6 Å². The maximum Gasteiger partial charge on any atom is 0.258 e. The van der Waals surface area contributed by atoms with Gasteiger partial charge in [-0.3, -0.25) is 9.59 Å². The van der Waals surface area contributed by atoms with E-state index < -0.39 is 0 Å². The summed E-state index contributed by atoms with van der Waals surface area (Å²) in [5.74, 6) is -0.0825. The molecule has 2 aromatic heterocycles. The number of fused-ring (bicyclic) bond motifs is 1. The Bertz CT molecular complexity index is 1380. The van der Waals surface area contributed by atoms with Crippen LogP contribution >= 0.6 is 11.6 Å². The second-order valence-corrected chi connectivity index (χ2v) is 8.61. The van der Waals surface area contributed by atoms with E-state index in [1.54, 1.807) is 64.3 Å². The molecule has 1 fully saturated rings. The quantitative estimate of drug-likeness (QED) is 0.482. The van der Waals surface area contributed by atoms with Crippen LogP contribution in [0.3, 0.4) is 0 Å². The molecule has 3 heterocycles. The summed E-state index contributed by atoms with van der Waals surface area (Å²) in [7, 11) is 0. The summed E-state index contributed by atoms with van der Waals surface area (Å²) in [6.45, 7) is 0.634. The number of carbonyl (C=O) groups excluding carboxylic acids is 1. The number of likely N-dealkylation sites (tertiary alicyclic amines) is 1. The summed E-state index contributed by atoms with van der Waals surface area (Å²) in [6.07, 6.45) is 4.46. The minimum Gasteiger partial charge on any atom is -0.394 e. The number of H-pyrrole nitrogens is 1. The first-order valence-corrected chi connectivity index (χ1v) is 11.2. The third-order valence-electron chi connectivity index (χ3n) is 6.05. The highest BCUT2D eigenvalue weighted by Gasteiger charge is 2.26. The molecule has 0 radical (unpaired) electrons. The molecule has 8 nitrogen and oxygen atoms in total. The summed E-state index contributed by atoms with van der Waals surface area (Å²) in [5.41, 5.74) is 2.52. The number of aliphatic hydroxyl groups is 1. The number of amides is 1. The van der Waals surface area contributed by atoms with Crippen LogP contribution < -0.4 is 5.56 Å². The van der Waals surface area contributed by atoms with E-state index in [1.807, 2.05) is 0 Å². The Morgan fingerprint density at radius 3 is 2.76 bits per heavy atom. The molecule has 0 aliphatic carbocycles. The fourth-order valence-electron chi connectivity index (χ4n) is 4.26. The maximum atomic E-state index is 12.9. The number of aromatic nitrogens is 4. The van der Waals surface area contributed by atoms with E-state index in [-0.39, 0.29) is 24.1 Å². The number of halogens is 1. The molecule has 0 bridgehead atoms. The van der Waals surface area contributed by atoms with E-state index in [0.717, 1.165) is 24.6 Å². The molecule has 1 saturated heterocycles. The highest BCUT2D eigenvalue weighted by Crippen LogP contribution is 2.23. The first-order valence-electron chi connectivity index (χ1n) is 10.8. The SMILES string of the molecule is O=C(c1ccc(-n2cc(-c3cc4cc(Cl)ccc4[nH]c3=O)nn2)cc1)N1CCCCC1CO. The minimum absolute atomic E-state index is 0.0222. The lowest BCUT2D eigenvalue weighted by Crippen LogP contribution is -2.45. The van der Waals surface area contributed by atoms with Crippen LogP contribution in [0, 0.1) is 0 Å². The Labute approximate surface area is 194 Å². The fourth-order valence-corrected chi connectivity index (χ4v) is 4.44. The maximum absolute atomic E-state index is 12.9. The van der Waals surface area contributed by atoms with Crippen molar-refractivity contribution in [3.8, 4) is 16.9 Å². The average molecular weight is 464 g/mol. The van der Waals surface area contributed by atoms with Gasteiger partial charge in [0.15, 0.2) is 0 Å². The Balaban J connectivity index is 1.40. The second-order valence-electron chi connectivity index (χ2n) is 8.17. The molecule has 0 saturated carbocycles. The third kappa shape index (κ3) is 4.15. The Morgan fingerprint density at radius 1 is 1.15 bits per heavy atom. The summed E-state index contributed by atoms with van der Waals surface area (Å²) in [4.78, 5) is 30.1. The number of aliphatic hydroxyl groups excluding tert-OH is 1. The van der Waals surface area contributed by atoms with Crippen molar-refractivity contribution in [2.45, 2.75) is 25.3 Å². The summed E-state index contributed by atoms with van der Waals surface area (Å²) in [6, 6.07) is 13.9. The van der Waals surface area contributed by atoms with E-state index in [9.17, 15) is 14.7 Å². The summed E-state index contributed by atoms with van der Waals surface area (Å²) >= 11 is 6.08. The van der Waals surface area contributed by atoms with E-state index >= 15 is 0 Å². The van der Waals surface area contributed by atoms with Gasteiger partial charge in [-0.05, 0) is 67.8 Å². The standard InChI is InChI=1S/C24H22ClN5O3/c25-17-6-9-21-16(11-17)12-20(23(32)26-21)22-13-30(28-27-22)18-7-4-15(5-8-18)24(33)29-10-2-1-3-19(29)14-31/h4-9,11-13,19,31H,1-3,10,14H2,(H,26,32). The molecule has 1 unspecified atom stereocenters. The van der Waals surface area contributed by atoms with Crippen LogP contribution in [-0.4, -0.2) is 55.1 Å². The monoisotopic (exact) mass is 463 g/mol. The number of hydrogen-bond acceptors (Lipinski definition) is 5. The second kappa shape index (κ2) is 8.80. The number of pyridine rings is 1. The smallest absolute Gasteiger partial charge is 0.258 e. The van der Waals surface area contributed by atoms with Gasteiger partial charge in [-0.25, -0.2) is 4.68 Å². The van der Waals surface area contributed by atoms with Crippen LogP contribution in [-0.2, 0) is 0 Å². The molecule has 5 rings (SSSR count). The molecule has 2 N–H and O–H groups in total. The van der Waals surface area contributed by atoms with Gasteiger partial charge in [-0.2, -0.15) is 0 Å². The first kappa shape index (κ1) is 21.4. The molecule has 1 aliphatic rings. The third-order valence-corrected chi connectivity index (χ3v) is 6.29. The number of aromatic amines is 1. The van der Waals surface area contributed by atoms with Crippen LogP contribution in [0.4, 0.5) is 0 Å². The Morgan fingerprint density at radius 2 is 1.97 bits per heavy atom. The van der Waals surface area contributed by atoms with Gasteiger partial charge in [-0.1, -0.05) is 16.8 Å². The molecule has 1 amide bonds. The van der Waals surface area contributed by atoms with Gasteiger partial charge < -0.3 is 15.0 Å². The molecular weight excluding hydrogens is 442 g/mol. The molecule has 33 heavy (non-hydrogen) atoms. The first-order chi connectivity index (χ1) is 16.0. The minimum atomic E-state index is -0.266. The van der Waals surface area contributed by atoms with Gasteiger partial charge in [-0.15, -0.1) is 5.10 Å². The van der Waals surface area contributed by atoms with Crippen molar-refractivity contribution in [1.29, 1.82) is 0 Å². The van der Waals surface area contributed by atoms with Crippen molar-refractivity contribution in [2.75, 3.05) is 13.2 Å². The van der Waals surface area contributed by atoms with Crippen molar-refractivity contribution in [3.63, 3.8) is 0 Å². The number of hydrogen-bond donors (Lipinski definition) is 2. The van der Waals surface area contributed by atoms with Gasteiger partial charge in [0, 0.05) is 28.0 Å². The van der Waals surface area contributed by atoms with E-state index in [2.05, 4.69) is 15.3 Å². The van der Waals surface area contributed by atoms with Crippen LogP contribution in [0.2, 0.25) is 5.02 Å². The number of carbonyl (C=O) groups is 1. The van der Waals surface area contributed by atoms with Crippen molar-refractivity contribution >= 4 is 28.4 Å². The van der Waals surface area contributed by atoms with Crippen LogP contribution in [0.15, 0.2) is 59.5 Å². The van der Waals surface area contributed by atoms with Crippen molar-refractivity contribution < 1.29 is 9.90 Å². The predicted molar refractivity (Wildman–Crippen MR) is 126 cm³/mol. The highest BCUT2D eigenvalue weighted by molar-refractivity contribution is 6.31. The van der Waals surface area contributed by atoms with E-state index in [4.69, 9.17) is 11.6 Å². The zero-order valence-electron chi connectivity index (χ0n) is 17.7. The normalized spacial score (nSPS) is 16.3. The summed E-state index contributed by atoms with van der Waals surface area (Å²) in [5, 5.41) is 19.3. The van der Waals surface area contributed by atoms with Crippen molar-refractivity contribution in [3.05, 3.63) is 75.7 Å². The van der Waals surface area contributed by atoms with Crippen molar-refractivity contribution in [1.82, 2.24) is 24.9 Å². The fraction of sp³-hybridized carbons (Fsp3) is 0.250. The molecular formula is C24H22ClN5O3. The molecule has 2 aromatic carbocycles. The average Bonchev–Trinajstić information content (AvgIpc) is 3.33. The predicted octanol–water partition coefficient (Wildman–Crippen LogP) is 3.42. The molecule has 168 valence electrons. The van der Waals surface area contributed by atoms with Gasteiger partial charge in [0.25, 0.3) is 11.5 Å². The van der Waals surface area contributed by atoms with Crippen molar-refractivity contribution in [2.24, 2.45) is 0 Å². The number of nitrogens with zero attached hydrogens (tertiary/aromatic N) is 4. The molecule has 9 heteroatoms. The Kier molecular flexibility index (Phi) is 5.70. The number of rotatable bonds is 4. The topological polar surface area (TPSA) is 104 Å². The molecule has 1 aliphatic heterocycles.